The maximum Gasteiger partial charge on any atom is 0.330 e. The van der Waals surface area contributed by atoms with E-state index in [9.17, 15) is 28.8 Å². The fourth-order valence-corrected chi connectivity index (χ4v) is 5.04. The van der Waals surface area contributed by atoms with E-state index in [2.05, 4.69) is 19.7 Å². The van der Waals surface area contributed by atoms with E-state index in [1.54, 1.807) is 54.6 Å². The summed E-state index contributed by atoms with van der Waals surface area (Å²) < 4.78 is 43.6. The summed E-state index contributed by atoms with van der Waals surface area (Å²) in [4.78, 5) is 76.2. The highest BCUT2D eigenvalue weighted by atomic mass is 16.6. The second-order valence-electron chi connectivity index (χ2n) is 12.7. The zero-order valence-corrected chi connectivity index (χ0v) is 32.7. The van der Waals surface area contributed by atoms with Crippen LogP contribution >= 0.6 is 0 Å². The van der Waals surface area contributed by atoms with E-state index in [4.69, 9.17) is 37.9 Å². The number of hydrogen-bond acceptors (Lipinski definition) is 15. The van der Waals surface area contributed by atoms with Gasteiger partial charge in [0.05, 0.1) is 64.2 Å². The van der Waals surface area contributed by atoms with Gasteiger partial charge < -0.3 is 42.8 Å². The molecule has 0 amide bonds. The number of hydrogen-bond donors (Lipinski definition) is 0. The predicted octanol–water partition coefficient (Wildman–Crippen LogP) is 4.00. The third-order valence-electron chi connectivity index (χ3n) is 8.04. The molecule has 0 aliphatic heterocycles. The highest BCUT2D eigenvalue weighted by Gasteiger charge is 2.33. The third-order valence-corrected chi connectivity index (χ3v) is 8.04. The summed E-state index contributed by atoms with van der Waals surface area (Å²) in [5.74, 6) is -4.37. The number of benzene rings is 2. The number of rotatable bonds is 31. The van der Waals surface area contributed by atoms with Crippen LogP contribution in [0.3, 0.4) is 0 Å². The van der Waals surface area contributed by atoms with Crippen LogP contribution in [0.4, 0.5) is 5.69 Å². The van der Waals surface area contributed by atoms with Crippen molar-refractivity contribution in [2.24, 2.45) is 11.3 Å². The lowest BCUT2D eigenvalue weighted by molar-refractivity contribution is -0.149. The number of ketones is 2. The highest BCUT2D eigenvalue weighted by molar-refractivity contribution is 6.16. The predicted molar refractivity (Wildman–Crippen MR) is 209 cm³/mol. The Morgan fingerprint density at radius 1 is 0.561 bits per heavy atom. The Balaban J connectivity index is 2.06. The number of esters is 4. The average molecular weight is 796 g/mol. The zero-order chi connectivity index (χ0) is 41.9. The van der Waals surface area contributed by atoms with Gasteiger partial charge in [-0.1, -0.05) is 50.1 Å². The molecule has 0 fully saturated rings. The maximum atomic E-state index is 13.6. The molecule has 2 aromatic carbocycles. The van der Waals surface area contributed by atoms with Crippen molar-refractivity contribution >= 4 is 41.1 Å². The molecule has 0 aliphatic carbocycles. The smallest absolute Gasteiger partial charge is 0.330 e. The maximum absolute atomic E-state index is 13.6. The van der Waals surface area contributed by atoms with E-state index >= 15 is 0 Å². The minimum atomic E-state index is -1.11. The number of carbonyl (C=O) groups excluding carboxylic acids is 6. The first-order valence-corrected chi connectivity index (χ1v) is 18.2. The van der Waals surface area contributed by atoms with Crippen molar-refractivity contribution in [3.63, 3.8) is 0 Å². The van der Waals surface area contributed by atoms with Crippen molar-refractivity contribution in [2.45, 2.75) is 12.8 Å². The number of nitrogens with zero attached hydrogens (tertiary/aromatic N) is 1. The largest absolute Gasteiger partial charge is 0.463 e. The first-order valence-electron chi connectivity index (χ1n) is 18.2. The minimum Gasteiger partial charge on any atom is -0.463 e. The summed E-state index contributed by atoms with van der Waals surface area (Å²) in [5, 5.41) is 0. The Kier molecular flexibility index (Phi) is 22.7. The normalized spacial score (nSPS) is 11.4. The van der Waals surface area contributed by atoms with Crippen LogP contribution in [-0.2, 0) is 57.1 Å². The molecule has 0 bridgehead atoms. The molecule has 15 heteroatoms. The number of carbonyl (C=O) groups is 6. The molecule has 0 saturated carbocycles. The summed E-state index contributed by atoms with van der Waals surface area (Å²) in [5.41, 5.74) is 0.604. The monoisotopic (exact) mass is 795 g/mol. The number of ether oxygens (including phenoxy) is 8. The van der Waals surface area contributed by atoms with Gasteiger partial charge in [-0.3, -0.25) is 14.4 Å². The first kappa shape index (κ1) is 47.7. The molecule has 1 atom stereocenters. The quantitative estimate of drug-likeness (QED) is 0.0267. The van der Waals surface area contributed by atoms with Crippen LogP contribution in [0, 0.1) is 11.3 Å². The summed E-state index contributed by atoms with van der Waals surface area (Å²) >= 11 is 0. The van der Waals surface area contributed by atoms with Crippen LogP contribution in [-0.4, -0.2) is 129 Å². The second-order valence-corrected chi connectivity index (χ2v) is 12.7. The van der Waals surface area contributed by atoms with Crippen LogP contribution in [0.25, 0.3) is 0 Å². The second kappa shape index (κ2) is 27.2. The lowest BCUT2D eigenvalue weighted by Crippen LogP contribution is -2.43. The van der Waals surface area contributed by atoms with Gasteiger partial charge in [0.25, 0.3) is 0 Å². The van der Waals surface area contributed by atoms with Crippen LogP contribution in [0.5, 0.6) is 0 Å². The van der Waals surface area contributed by atoms with E-state index < -0.39 is 46.8 Å². The lowest BCUT2D eigenvalue weighted by Gasteiger charge is -2.33. The lowest BCUT2D eigenvalue weighted by atomic mass is 9.86. The Hall–Kier alpha value is -5.48. The van der Waals surface area contributed by atoms with Crippen molar-refractivity contribution in [3.8, 4) is 0 Å². The first-order chi connectivity index (χ1) is 27.4. The van der Waals surface area contributed by atoms with Gasteiger partial charge in [0.15, 0.2) is 11.6 Å². The zero-order valence-electron chi connectivity index (χ0n) is 32.7. The Bertz CT molecular complexity index is 1530. The van der Waals surface area contributed by atoms with Crippen molar-refractivity contribution < 1.29 is 66.7 Å². The van der Waals surface area contributed by atoms with Crippen molar-refractivity contribution in [3.05, 3.63) is 104 Å². The molecule has 15 nitrogen and oxygen atoms in total. The van der Waals surface area contributed by atoms with Crippen molar-refractivity contribution in [1.82, 2.24) is 0 Å². The van der Waals surface area contributed by atoms with E-state index in [1.165, 1.54) is 0 Å². The summed E-state index contributed by atoms with van der Waals surface area (Å²) in [7, 11) is 3.75. The Labute approximate surface area is 333 Å². The van der Waals surface area contributed by atoms with Gasteiger partial charge >= 0.3 is 23.9 Å². The van der Waals surface area contributed by atoms with Crippen LogP contribution in [0.2, 0.25) is 0 Å². The van der Waals surface area contributed by atoms with Gasteiger partial charge in [-0.05, 0) is 30.7 Å². The molecule has 0 N–H and O–H groups in total. The van der Waals surface area contributed by atoms with Gasteiger partial charge in [0, 0.05) is 55.6 Å². The molecule has 0 aromatic heterocycles. The summed E-state index contributed by atoms with van der Waals surface area (Å²) in [6, 6.07) is 15.3. The molecular weight excluding hydrogens is 742 g/mol. The molecule has 1 unspecified atom stereocenters. The molecule has 57 heavy (non-hydrogen) atoms. The van der Waals surface area contributed by atoms with Gasteiger partial charge in [-0.2, -0.15) is 0 Å². The number of Topliss-reactive ketones (excluding diaryl/α,β-unsaturated/α-hetero) is 2. The molecule has 0 aliphatic rings. The minimum absolute atomic E-state index is 0.0138. The molecule has 310 valence electrons. The molecule has 0 spiro atoms. The highest BCUT2D eigenvalue weighted by Crippen LogP contribution is 2.23. The standard InChI is InChI=1S/C42H53NO14/c1-6-36(44)54-24-20-50-28-42(29-51-21-25-55-37(45)7-2,30-52-22-26-56-38(46)8-3)31-53-23-27-57-39(47)19-18-35(40(48)32-12-10-9-11-13-32)41(49)33-14-16-34(17-15-33)43(4)5/h6-17,35H,1-3,18-31H2,4-5H3. The topological polar surface area (TPSA) is 180 Å². The molecule has 0 radical (unpaired) electrons. The van der Waals surface area contributed by atoms with Crippen molar-refractivity contribution in [2.75, 3.05) is 98.3 Å². The van der Waals surface area contributed by atoms with E-state index in [0.717, 1.165) is 23.9 Å². The van der Waals surface area contributed by atoms with Crippen LogP contribution in [0.15, 0.2) is 92.6 Å². The van der Waals surface area contributed by atoms with Gasteiger partial charge in [-0.15, -0.1) is 0 Å². The van der Waals surface area contributed by atoms with Gasteiger partial charge in [0.2, 0.25) is 0 Å². The molecule has 2 aromatic rings. The average Bonchev–Trinajstić information content (AvgIpc) is 3.22. The van der Waals surface area contributed by atoms with Crippen LogP contribution in [0.1, 0.15) is 33.6 Å². The fourth-order valence-electron chi connectivity index (χ4n) is 5.04. The molecule has 0 saturated heterocycles. The molecule has 0 heterocycles. The fraction of sp³-hybridized carbons (Fsp3) is 0.429. The molecular formula is C42H53NO14. The molecule has 2 rings (SSSR count). The summed E-state index contributed by atoms with van der Waals surface area (Å²) in [6.07, 6.45) is 2.81. The van der Waals surface area contributed by atoms with Crippen molar-refractivity contribution in [1.29, 1.82) is 0 Å². The summed E-state index contributed by atoms with van der Waals surface area (Å²) in [6.45, 7) is 9.66. The van der Waals surface area contributed by atoms with E-state index in [-0.39, 0.29) is 92.1 Å². The third kappa shape index (κ3) is 18.8. The van der Waals surface area contributed by atoms with Gasteiger partial charge in [-0.25, -0.2) is 14.4 Å². The SMILES string of the molecule is C=CC(=O)OCCOCC(COCCOC(=O)C=C)(COCCOC(=O)C=C)COCCOC(=O)CCC(C(=O)c1ccccc1)C(=O)c1ccc(N(C)C)cc1. The number of anilines is 1. The van der Waals surface area contributed by atoms with Crippen LogP contribution < -0.4 is 4.90 Å². The van der Waals surface area contributed by atoms with E-state index in [1.807, 2.05) is 19.0 Å². The van der Waals surface area contributed by atoms with E-state index in [0.29, 0.717) is 11.1 Å². The van der Waals surface area contributed by atoms with Gasteiger partial charge in [0.1, 0.15) is 26.4 Å². The Morgan fingerprint density at radius 3 is 1.33 bits per heavy atom. The Morgan fingerprint density at radius 2 is 0.947 bits per heavy atom.